The summed E-state index contributed by atoms with van der Waals surface area (Å²) >= 11 is 0. The van der Waals surface area contributed by atoms with Crippen molar-refractivity contribution in [3.05, 3.63) is 140 Å². The van der Waals surface area contributed by atoms with Gasteiger partial charge in [-0.2, -0.15) is 52.7 Å². The van der Waals surface area contributed by atoms with E-state index in [1.807, 2.05) is 71.0 Å². The molecule has 0 fully saturated rings. The first-order chi connectivity index (χ1) is 24.3. The highest BCUT2D eigenvalue weighted by molar-refractivity contribution is 7.77. The van der Waals surface area contributed by atoms with E-state index in [0.717, 1.165) is 32.9 Å². The van der Waals surface area contributed by atoms with Crippen molar-refractivity contribution in [2.24, 2.45) is 0 Å². The fourth-order valence-electron chi connectivity index (χ4n) is 6.60. The smallest absolute Gasteiger partial charge is 0.166 e. The third-order valence-electron chi connectivity index (χ3n) is 8.65. The third-order valence-corrected chi connectivity index (χ3v) is 13.8. The van der Waals surface area contributed by atoms with Gasteiger partial charge in [-0.05, 0) is 118 Å². The molecular weight excluding hydrogens is 758 g/mol. The third kappa shape index (κ3) is 9.20. The largest absolute Gasteiger partial charge is 0.416 e. The first-order valence-electron chi connectivity index (χ1n) is 16.1. The van der Waals surface area contributed by atoms with Crippen molar-refractivity contribution in [1.82, 2.24) is 0 Å². The molecule has 0 aromatic heterocycles. The standard InChI is InChI=1S/C39H32F12P2/c1-21-9-22(2)12-30(11-21)52(31-13-23(3)10-24(4)14-31)25(5)34-7-6-8-35(34)53(32-17-26(36(40,41)42)15-27(18-32)37(43,44)45)33-19-28(38(46,47)48)16-29(20-33)39(49,50)51/h7-20,25H,6H2,1-5H3/t25-/m1/s1. The number of halogens is 12. The highest BCUT2D eigenvalue weighted by atomic mass is 31.1. The van der Waals surface area contributed by atoms with Crippen molar-refractivity contribution in [3.8, 4) is 0 Å². The van der Waals surface area contributed by atoms with Crippen LogP contribution in [0.5, 0.6) is 0 Å². The molecule has 0 N–H and O–H groups in total. The van der Waals surface area contributed by atoms with Crippen LogP contribution >= 0.6 is 15.8 Å². The van der Waals surface area contributed by atoms with Crippen molar-refractivity contribution < 1.29 is 52.7 Å². The van der Waals surface area contributed by atoms with Crippen LogP contribution in [0.2, 0.25) is 0 Å². The molecule has 0 heterocycles. The Hall–Kier alpha value is -3.62. The van der Waals surface area contributed by atoms with E-state index in [9.17, 15) is 52.7 Å². The van der Waals surface area contributed by atoms with Crippen LogP contribution in [0.1, 0.15) is 57.9 Å². The quantitative estimate of drug-likeness (QED) is 0.129. The number of hydrogen-bond acceptors (Lipinski definition) is 0. The first kappa shape index (κ1) is 40.6. The molecule has 0 aliphatic heterocycles. The van der Waals surface area contributed by atoms with E-state index in [1.54, 1.807) is 6.08 Å². The zero-order chi connectivity index (χ0) is 39.4. The van der Waals surface area contributed by atoms with E-state index in [4.69, 9.17) is 0 Å². The van der Waals surface area contributed by atoms with E-state index in [1.165, 1.54) is 6.08 Å². The van der Waals surface area contributed by atoms with Gasteiger partial charge in [0.05, 0.1) is 22.3 Å². The lowest BCUT2D eigenvalue weighted by molar-refractivity contribution is -0.144. The molecule has 0 nitrogen and oxygen atoms in total. The average Bonchev–Trinajstić information content (AvgIpc) is 3.48. The molecule has 4 aromatic rings. The number of benzene rings is 4. The lowest BCUT2D eigenvalue weighted by atomic mass is 10.1. The van der Waals surface area contributed by atoms with Gasteiger partial charge in [0.25, 0.3) is 0 Å². The second kappa shape index (κ2) is 14.6. The monoisotopic (exact) mass is 790 g/mol. The molecule has 1 atom stereocenters. The molecule has 14 heteroatoms. The Balaban J connectivity index is 1.82. The Morgan fingerprint density at radius 3 is 1.06 bits per heavy atom. The molecular formula is C39H32F12P2. The minimum Gasteiger partial charge on any atom is -0.166 e. The van der Waals surface area contributed by atoms with Crippen LogP contribution < -0.4 is 21.2 Å². The second-order valence-corrected chi connectivity index (χ2v) is 17.8. The van der Waals surface area contributed by atoms with Crippen molar-refractivity contribution in [2.75, 3.05) is 0 Å². The molecule has 0 spiro atoms. The number of aryl methyl sites for hydroxylation is 4. The molecule has 0 bridgehead atoms. The normalized spacial score (nSPS) is 14.9. The van der Waals surface area contributed by atoms with Gasteiger partial charge in [0, 0.05) is 5.66 Å². The Kier molecular flexibility index (Phi) is 11.1. The SMILES string of the molecule is Cc1cc(C)cc(P(c2cc(C)cc(C)c2)[C@H](C)C2=CCC=C2P(c2cc(C(F)(F)F)cc(C(F)(F)F)c2)c2cc(C(F)(F)F)cc(C(F)(F)F)c2)c1. The Labute approximate surface area is 301 Å². The van der Waals surface area contributed by atoms with Gasteiger partial charge in [-0.3, -0.25) is 0 Å². The topological polar surface area (TPSA) is 0 Å². The molecule has 0 unspecified atom stereocenters. The maximum atomic E-state index is 14.2. The summed E-state index contributed by atoms with van der Waals surface area (Å²) in [5.41, 5.74) is -3.34. The van der Waals surface area contributed by atoms with Gasteiger partial charge in [0.2, 0.25) is 0 Å². The Morgan fingerprint density at radius 1 is 0.434 bits per heavy atom. The van der Waals surface area contributed by atoms with Crippen LogP contribution in [0.3, 0.4) is 0 Å². The van der Waals surface area contributed by atoms with Gasteiger partial charge in [-0.1, -0.05) is 77.7 Å². The molecule has 0 amide bonds. The average molecular weight is 791 g/mol. The van der Waals surface area contributed by atoms with Crippen molar-refractivity contribution in [2.45, 2.75) is 71.4 Å². The Bertz CT molecular complexity index is 1850. The summed E-state index contributed by atoms with van der Waals surface area (Å²) < 4.78 is 170. The zero-order valence-electron chi connectivity index (χ0n) is 28.8. The summed E-state index contributed by atoms with van der Waals surface area (Å²) in [6, 6.07) is 13.1. The van der Waals surface area contributed by atoms with E-state index in [0.29, 0.717) is 29.8 Å². The van der Waals surface area contributed by atoms with Crippen molar-refractivity contribution in [1.29, 1.82) is 0 Å². The molecule has 1 aliphatic rings. The van der Waals surface area contributed by atoms with Crippen molar-refractivity contribution in [3.63, 3.8) is 0 Å². The molecule has 1 aliphatic carbocycles. The van der Waals surface area contributed by atoms with Crippen LogP contribution in [0.15, 0.2) is 95.8 Å². The number of rotatable bonds is 7. The molecule has 53 heavy (non-hydrogen) atoms. The number of allylic oxidation sites excluding steroid dienone is 4. The van der Waals surface area contributed by atoms with Gasteiger partial charge < -0.3 is 0 Å². The highest BCUT2D eigenvalue weighted by Crippen LogP contribution is 2.56. The molecule has 4 aromatic carbocycles. The fourth-order valence-corrected chi connectivity index (χ4v) is 12.5. The lowest BCUT2D eigenvalue weighted by Gasteiger charge is -2.32. The van der Waals surface area contributed by atoms with E-state index in [-0.39, 0.29) is 23.9 Å². The molecule has 5 rings (SSSR count). The van der Waals surface area contributed by atoms with Gasteiger partial charge in [0.1, 0.15) is 0 Å². The lowest BCUT2D eigenvalue weighted by Crippen LogP contribution is -2.25. The maximum absolute atomic E-state index is 14.2. The van der Waals surface area contributed by atoms with Crippen LogP contribution in [0.4, 0.5) is 52.7 Å². The minimum atomic E-state index is -5.32. The van der Waals surface area contributed by atoms with Crippen LogP contribution in [0, 0.1) is 27.7 Å². The summed E-state index contributed by atoms with van der Waals surface area (Å²) in [5, 5.41) is 0.492. The molecule has 0 saturated carbocycles. The van der Waals surface area contributed by atoms with Crippen LogP contribution in [0.25, 0.3) is 0 Å². The van der Waals surface area contributed by atoms with Crippen LogP contribution in [-0.2, 0) is 24.7 Å². The zero-order valence-corrected chi connectivity index (χ0v) is 30.6. The highest BCUT2D eigenvalue weighted by Gasteiger charge is 2.42. The van der Waals surface area contributed by atoms with Gasteiger partial charge >= 0.3 is 24.7 Å². The van der Waals surface area contributed by atoms with Crippen molar-refractivity contribution >= 4 is 37.1 Å². The number of alkyl halides is 12. The Morgan fingerprint density at radius 2 is 0.755 bits per heavy atom. The summed E-state index contributed by atoms with van der Waals surface area (Å²) in [6.45, 7) is 9.40. The summed E-state index contributed by atoms with van der Waals surface area (Å²) in [5.74, 6) is 0. The van der Waals surface area contributed by atoms with Gasteiger partial charge in [-0.15, -0.1) is 0 Å². The predicted octanol–water partition coefficient (Wildman–Crippen LogP) is 12.2. The van der Waals surface area contributed by atoms with Crippen LogP contribution in [-0.4, -0.2) is 5.66 Å². The predicted molar refractivity (Wildman–Crippen MR) is 187 cm³/mol. The second-order valence-electron chi connectivity index (χ2n) is 13.1. The maximum Gasteiger partial charge on any atom is 0.416 e. The van der Waals surface area contributed by atoms with E-state index >= 15 is 0 Å². The summed E-state index contributed by atoms with van der Waals surface area (Å²) in [6.07, 6.45) is -18.0. The molecule has 282 valence electrons. The summed E-state index contributed by atoms with van der Waals surface area (Å²) in [7, 11) is -4.26. The van der Waals surface area contributed by atoms with Gasteiger partial charge in [-0.25, -0.2) is 0 Å². The summed E-state index contributed by atoms with van der Waals surface area (Å²) in [4.78, 5) is 0. The molecule has 0 radical (unpaired) electrons. The fraction of sp³-hybridized carbons (Fsp3) is 0.282. The van der Waals surface area contributed by atoms with E-state index < -0.39 is 79.1 Å². The number of hydrogen-bond donors (Lipinski definition) is 0. The first-order valence-corrected chi connectivity index (χ1v) is 18.8. The minimum absolute atomic E-state index is 0.0913. The van der Waals surface area contributed by atoms with E-state index in [2.05, 4.69) is 0 Å². The molecule has 0 saturated heterocycles. The van der Waals surface area contributed by atoms with Gasteiger partial charge in [0.15, 0.2) is 0 Å².